The van der Waals surface area contributed by atoms with E-state index in [0.29, 0.717) is 11.3 Å². The largest absolute Gasteiger partial charge is 0.493 e. The zero-order valence-electron chi connectivity index (χ0n) is 19.2. The number of hydrogen-bond donors (Lipinski definition) is 0. The summed E-state index contributed by atoms with van der Waals surface area (Å²) in [4.78, 5) is 32.8. The van der Waals surface area contributed by atoms with E-state index < -0.39 is 23.6 Å². The highest BCUT2D eigenvalue weighted by Gasteiger charge is 2.31. The second-order valence-corrected chi connectivity index (χ2v) is 7.40. The molecule has 0 aliphatic heterocycles. The Morgan fingerprint density at radius 1 is 0.972 bits per heavy atom. The summed E-state index contributed by atoms with van der Waals surface area (Å²) in [5.41, 5.74) is 0.769. The summed E-state index contributed by atoms with van der Waals surface area (Å²) in [6.07, 6.45) is 0.874. The van der Waals surface area contributed by atoms with E-state index in [4.69, 9.17) is 30.5 Å². The van der Waals surface area contributed by atoms with Gasteiger partial charge in [0, 0.05) is 5.56 Å². The van der Waals surface area contributed by atoms with Crippen LogP contribution in [0.25, 0.3) is 16.9 Å². The molecule has 10 nitrogen and oxygen atoms in total. The van der Waals surface area contributed by atoms with Crippen LogP contribution in [0.3, 0.4) is 0 Å². The fourth-order valence-electron chi connectivity index (χ4n) is 3.36. The molecule has 184 valence electrons. The number of ether oxygens (including phenoxy) is 4. The number of hydrogen-bond acceptors (Lipinski definition) is 9. The maximum atomic E-state index is 14.1. The molecule has 0 saturated heterocycles. The molecule has 4 aromatic rings. The third-order valence-electron chi connectivity index (χ3n) is 4.98. The third-order valence-corrected chi connectivity index (χ3v) is 5.16. The van der Waals surface area contributed by atoms with Crippen LogP contribution in [0.5, 0.6) is 17.4 Å². The van der Waals surface area contributed by atoms with Crippen molar-refractivity contribution >= 4 is 23.5 Å². The van der Waals surface area contributed by atoms with E-state index in [1.165, 1.54) is 38.1 Å². The number of nitrogens with zero attached hydrogens (tertiary/aromatic N) is 4. The first-order valence-electron chi connectivity index (χ1n) is 10.3. The number of halogens is 2. The molecular weight excluding hydrogens is 495 g/mol. The summed E-state index contributed by atoms with van der Waals surface area (Å²) in [7, 11) is 3.75. The number of methoxy groups -OCH3 is 3. The Hall–Kier alpha value is -4.51. The Balaban J connectivity index is 1.88. The Morgan fingerprint density at radius 2 is 1.69 bits per heavy atom. The highest BCUT2D eigenvalue weighted by Crippen LogP contribution is 2.37. The number of rotatable bonds is 7. The van der Waals surface area contributed by atoms with Gasteiger partial charge in [-0.05, 0) is 41.9 Å². The zero-order chi connectivity index (χ0) is 25.8. The van der Waals surface area contributed by atoms with Crippen LogP contribution in [0.4, 0.5) is 4.39 Å². The van der Waals surface area contributed by atoms with Crippen LogP contribution in [0, 0.1) is 5.82 Å². The van der Waals surface area contributed by atoms with Crippen molar-refractivity contribution in [3.8, 4) is 34.3 Å². The Bertz CT molecular complexity index is 1440. The van der Waals surface area contributed by atoms with Crippen LogP contribution in [-0.2, 0) is 9.47 Å². The van der Waals surface area contributed by atoms with Gasteiger partial charge in [0.2, 0.25) is 11.1 Å². The predicted octanol–water partition coefficient (Wildman–Crippen LogP) is 4.50. The summed E-state index contributed by atoms with van der Waals surface area (Å²) in [5.74, 6) is -2.57. The van der Waals surface area contributed by atoms with Gasteiger partial charge in [0.05, 0.1) is 33.2 Å². The van der Waals surface area contributed by atoms with E-state index >= 15 is 0 Å². The third kappa shape index (κ3) is 4.68. The molecule has 2 aromatic heterocycles. The number of esters is 2. The molecule has 0 atom stereocenters. The molecule has 0 N–H and O–H groups in total. The van der Waals surface area contributed by atoms with Crippen molar-refractivity contribution < 1.29 is 32.9 Å². The van der Waals surface area contributed by atoms with Gasteiger partial charge in [0.25, 0.3) is 5.88 Å². The molecule has 0 unspecified atom stereocenters. The van der Waals surface area contributed by atoms with Crippen LogP contribution in [0.1, 0.15) is 20.8 Å². The van der Waals surface area contributed by atoms with Gasteiger partial charge in [-0.15, -0.1) is 0 Å². The van der Waals surface area contributed by atoms with Crippen LogP contribution >= 0.6 is 11.6 Å². The van der Waals surface area contributed by atoms with Gasteiger partial charge in [-0.1, -0.05) is 18.2 Å². The van der Waals surface area contributed by atoms with Crippen molar-refractivity contribution in [2.24, 2.45) is 0 Å². The molecule has 0 fully saturated rings. The number of carbonyl (C=O) groups excluding carboxylic acids is 2. The second kappa shape index (κ2) is 10.4. The van der Waals surface area contributed by atoms with Gasteiger partial charge in [-0.2, -0.15) is 14.5 Å². The average Bonchev–Trinajstić information content (AvgIpc) is 3.31. The minimum absolute atomic E-state index is 0.102. The molecular formula is C24H18ClFN4O6. The van der Waals surface area contributed by atoms with E-state index in [9.17, 15) is 14.0 Å². The van der Waals surface area contributed by atoms with Gasteiger partial charge >= 0.3 is 11.9 Å². The van der Waals surface area contributed by atoms with Crippen molar-refractivity contribution in [1.29, 1.82) is 0 Å². The Labute approximate surface area is 209 Å². The first-order chi connectivity index (χ1) is 17.4. The monoisotopic (exact) mass is 512 g/mol. The van der Waals surface area contributed by atoms with Crippen LogP contribution in [0.15, 0.2) is 54.7 Å². The number of benzene rings is 2. The molecule has 2 heterocycles. The molecule has 2 aromatic carbocycles. The molecule has 0 aliphatic rings. The Kier molecular flexibility index (Phi) is 7.11. The molecule has 4 rings (SSSR count). The lowest BCUT2D eigenvalue weighted by atomic mass is 10.0. The van der Waals surface area contributed by atoms with Gasteiger partial charge in [-0.25, -0.2) is 19.3 Å². The number of aromatic nitrogens is 4. The van der Waals surface area contributed by atoms with Crippen molar-refractivity contribution in [1.82, 2.24) is 19.7 Å². The van der Waals surface area contributed by atoms with E-state index in [1.807, 2.05) is 0 Å². The highest BCUT2D eigenvalue weighted by atomic mass is 35.5. The van der Waals surface area contributed by atoms with E-state index in [1.54, 1.807) is 36.4 Å². The van der Waals surface area contributed by atoms with E-state index in [-0.39, 0.29) is 33.7 Å². The molecule has 0 bridgehead atoms. The van der Waals surface area contributed by atoms with Crippen LogP contribution < -0.4 is 9.47 Å². The highest BCUT2D eigenvalue weighted by molar-refractivity contribution is 6.28. The molecule has 0 radical (unpaired) electrons. The van der Waals surface area contributed by atoms with Crippen molar-refractivity contribution in [2.75, 3.05) is 21.3 Å². The minimum atomic E-state index is -0.831. The summed E-state index contributed by atoms with van der Waals surface area (Å²) in [6.45, 7) is 0. The fraction of sp³-hybridized carbons (Fsp3) is 0.125. The predicted molar refractivity (Wildman–Crippen MR) is 125 cm³/mol. The lowest BCUT2D eigenvalue weighted by Gasteiger charge is -2.11. The summed E-state index contributed by atoms with van der Waals surface area (Å²) in [6, 6.07) is 13.2. The molecule has 0 aliphatic carbocycles. The molecule has 0 spiro atoms. The standard InChI is InChI=1S/C24H18ClFN4O6/c1-33-17-11-13(9-10-16(17)36-21-15(26)12-27-24(25)28-21)19-18(22(31)34-2)20(23(32)35-3)30(29-19)14-7-5-4-6-8-14/h4-12H,1-3H3. The first kappa shape index (κ1) is 24.6. The molecule has 0 amide bonds. The minimum Gasteiger partial charge on any atom is -0.493 e. The van der Waals surface area contributed by atoms with E-state index in [2.05, 4.69) is 15.1 Å². The summed E-state index contributed by atoms with van der Waals surface area (Å²) < 4.78 is 36.2. The van der Waals surface area contributed by atoms with Crippen molar-refractivity contribution in [3.05, 3.63) is 77.1 Å². The van der Waals surface area contributed by atoms with Gasteiger partial charge in [0.15, 0.2) is 17.2 Å². The van der Waals surface area contributed by atoms with Crippen LogP contribution in [0.2, 0.25) is 5.28 Å². The van der Waals surface area contributed by atoms with Gasteiger partial charge < -0.3 is 18.9 Å². The van der Waals surface area contributed by atoms with Crippen molar-refractivity contribution in [2.45, 2.75) is 0 Å². The average molecular weight is 513 g/mol. The topological polar surface area (TPSA) is 115 Å². The second-order valence-electron chi connectivity index (χ2n) is 7.06. The van der Waals surface area contributed by atoms with Crippen molar-refractivity contribution in [3.63, 3.8) is 0 Å². The SMILES string of the molecule is COC(=O)c1c(-c2ccc(Oc3nc(Cl)ncc3F)c(OC)c2)nn(-c2ccccc2)c1C(=O)OC. The van der Waals surface area contributed by atoms with Gasteiger partial charge in [-0.3, -0.25) is 0 Å². The van der Waals surface area contributed by atoms with Gasteiger partial charge in [0.1, 0.15) is 11.3 Å². The zero-order valence-corrected chi connectivity index (χ0v) is 19.9. The smallest absolute Gasteiger partial charge is 0.357 e. The quantitative estimate of drug-likeness (QED) is 0.261. The first-order valence-corrected chi connectivity index (χ1v) is 10.6. The maximum absolute atomic E-state index is 14.1. The number of para-hydroxylation sites is 1. The normalized spacial score (nSPS) is 10.6. The van der Waals surface area contributed by atoms with E-state index in [0.717, 1.165) is 6.20 Å². The molecule has 12 heteroatoms. The fourth-order valence-corrected chi connectivity index (χ4v) is 3.49. The molecule has 36 heavy (non-hydrogen) atoms. The Morgan fingerprint density at radius 3 is 2.36 bits per heavy atom. The van der Waals surface area contributed by atoms with Crippen LogP contribution in [-0.4, -0.2) is 53.0 Å². The summed E-state index contributed by atoms with van der Waals surface area (Å²) in [5, 5.41) is 4.32. The molecule has 0 saturated carbocycles. The lowest BCUT2D eigenvalue weighted by molar-refractivity contribution is 0.0549. The lowest BCUT2D eigenvalue weighted by Crippen LogP contribution is -2.15. The summed E-state index contributed by atoms with van der Waals surface area (Å²) >= 11 is 5.74. The maximum Gasteiger partial charge on any atom is 0.357 e. The number of carbonyl (C=O) groups is 2.